The second-order valence-corrected chi connectivity index (χ2v) is 4.95. The van der Waals surface area contributed by atoms with Gasteiger partial charge in [0.1, 0.15) is 5.69 Å². The third-order valence-electron chi connectivity index (χ3n) is 2.78. The normalized spacial score (nSPS) is 11.7. The molecular formula is C12H7Cl2F3N2O2. The maximum absolute atomic E-state index is 12.5. The molecule has 21 heavy (non-hydrogen) atoms. The minimum Gasteiger partial charge on any atom is -0.303 e. The summed E-state index contributed by atoms with van der Waals surface area (Å²) in [6.07, 6.45) is -4.82. The Bertz CT molecular complexity index is 793. The molecule has 0 fully saturated rings. The molecule has 2 aromatic rings. The smallest absolute Gasteiger partial charge is 0.303 e. The zero-order chi connectivity index (χ0) is 15.9. The van der Waals surface area contributed by atoms with E-state index in [-0.39, 0.29) is 10.7 Å². The zero-order valence-electron chi connectivity index (χ0n) is 10.4. The quantitative estimate of drug-likeness (QED) is 0.868. The molecule has 1 aromatic heterocycles. The summed E-state index contributed by atoms with van der Waals surface area (Å²) in [4.78, 5) is 25.2. The van der Waals surface area contributed by atoms with Gasteiger partial charge in [-0.3, -0.25) is 4.79 Å². The largest absolute Gasteiger partial charge is 0.431 e. The number of hydrogen-bond acceptors (Lipinski definition) is 2. The Labute approximate surface area is 125 Å². The summed E-state index contributed by atoms with van der Waals surface area (Å²) in [5, 5.41) is 0.315. The van der Waals surface area contributed by atoms with Crippen LogP contribution < -0.4 is 11.2 Å². The number of H-pyrrole nitrogens is 1. The second-order valence-electron chi connectivity index (χ2n) is 4.17. The van der Waals surface area contributed by atoms with E-state index in [0.29, 0.717) is 21.2 Å². The molecule has 0 spiro atoms. The Hall–Kier alpha value is -1.73. The van der Waals surface area contributed by atoms with Gasteiger partial charge in [-0.05, 0) is 24.6 Å². The first kappa shape index (κ1) is 15.7. The summed E-state index contributed by atoms with van der Waals surface area (Å²) in [6, 6.07) is 2.96. The molecule has 4 nitrogen and oxygen atoms in total. The van der Waals surface area contributed by atoms with E-state index < -0.39 is 23.1 Å². The van der Waals surface area contributed by atoms with E-state index in [1.165, 1.54) is 12.1 Å². The van der Waals surface area contributed by atoms with E-state index in [1.54, 1.807) is 11.9 Å². The average Bonchev–Trinajstić information content (AvgIpc) is 2.36. The molecule has 0 saturated carbocycles. The highest BCUT2D eigenvalue weighted by atomic mass is 35.5. The van der Waals surface area contributed by atoms with Gasteiger partial charge in [-0.25, -0.2) is 9.36 Å². The van der Waals surface area contributed by atoms with Crippen LogP contribution in [0.4, 0.5) is 13.2 Å². The van der Waals surface area contributed by atoms with E-state index in [4.69, 9.17) is 23.2 Å². The van der Waals surface area contributed by atoms with Crippen molar-refractivity contribution in [2.75, 3.05) is 0 Å². The Kier molecular flexibility index (Phi) is 3.90. The first-order valence-corrected chi connectivity index (χ1v) is 6.27. The maximum atomic E-state index is 12.5. The summed E-state index contributed by atoms with van der Waals surface area (Å²) in [5.74, 6) is 0. The van der Waals surface area contributed by atoms with Gasteiger partial charge in [0, 0.05) is 11.1 Å². The van der Waals surface area contributed by atoms with E-state index in [1.807, 2.05) is 0 Å². The van der Waals surface area contributed by atoms with E-state index in [9.17, 15) is 22.8 Å². The number of aromatic amines is 1. The molecule has 0 radical (unpaired) electrons. The Morgan fingerprint density at radius 2 is 1.81 bits per heavy atom. The minimum absolute atomic E-state index is 0.00913. The lowest BCUT2D eigenvalue weighted by atomic mass is 10.2. The molecule has 9 heteroatoms. The van der Waals surface area contributed by atoms with Gasteiger partial charge in [0.2, 0.25) is 0 Å². The molecule has 0 aliphatic rings. The summed E-state index contributed by atoms with van der Waals surface area (Å²) in [7, 11) is 0. The van der Waals surface area contributed by atoms with Crippen LogP contribution in [0.2, 0.25) is 10.0 Å². The van der Waals surface area contributed by atoms with Gasteiger partial charge in [-0.15, -0.1) is 0 Å². The molecule has 112 valence electrons. The van der Waals surface area contributed by atoms with Gasteiger partial charge < -0.3 is 4.98 Å². The van der Waals surface area contributed by atoms with Gasteiger partial charge in [0.05, 0.1) is 10.7 Å². The number of aromatic nitrogens is 2. The van der Waals surface area contributed by atoms with Gasteiger partial charge in [-0.2, -0.15) is 13.2 Å². The van der Waals surface area contributed by atoms with Crippen molar-refractivity contribution in [1.29, 1.82) is 0 Å². The molecule has 2 rings (SSSR count). The lowest BCUT2D eigenvalue weighted by Gasteiger charge is -2.11. The summed E-state index contributed by atoms with van der Waals surface area (Å²) >= 11 is 11.8. The van der Waals surface area contributed by atoms with Gasteiger partial charge in [0.25, 0.3) is 5.56 Å². The fourth-order valence-electron chi connectivity index (χ4n) is 1.70. The number of halogens is 5. The zero-order valence-corrected chi connectivity index (χ0v) is 11.9. The van der Waals surface area contributed by atoms with Gasteiger partial charge >= 0.3 is 11.9 Å². The standard InChI is InChI=1S/C12H7Cl2F3N2O2/c1-5-6(13)2-3-7(10(5)14)19-9(20)4-8(12(15,16)17)18-11(19)21/h2-4H,1H3,(H,18,21). The van der Waals surface area contributed by atoms with Crippen LogP contribution in [0.3, 0.4) is 0 Å². The number of nitrogens with zero attached hydrogens (tertiary/aromatic N) is 1. The molecule has 0 amide bonds. The molecule has 1 aromatic carbocycles. The van der Waals surface area contributed by atoms with Crippen molar-refractivity contribution in [2.45, 2.75) is 13.1 Å². The number of rotatable bonds is 1. The van der Waals surface area contributed by atoms with Crippen LogP contribution >= 0.6 is 23.2 Å². The second kappa shape index (κ2) is 5.23. The SMILES string of the molecule is Cc1c(Cl)ccc(-n2c(=O)cc(C(F)(F)F)[nH]c2=O)c1Cl. The van der Waals surface area contributed by atoms with E-state index in [2.05, 4.69) is 0 Å². The number of benzene rings is 1. The highest BCUT2D eigenvalue weighted by Crippen LogP contribution is 2.29. The first-order chi connectivity index (χ1) is 9.62. The Morgan fingerprint density at radius 3 is 2.33 bits per heavy atom. The van der Waals surface area contributed by atoms with Crippen LogP contribution in [0.25, 0.3) is 5.69 Å². The Morgan fingerprint density at radius 1 is 1.19 bits per heavy atom. The van der Waals surface area contributed by atoms with Crippen molar-refractivity contribution in [3.05, 3.63) is 60.3 Å². The predicted molar refractivity (Wildman–Crippen MR) is 72.4 cm³/mol. The molecule has 1 N–H and O–H groups in total. The third-order valence-corrected chi connectivity index (χ3v) is 3.67. The maximum Gasteiger partial charge on any atom is 0.431 e. The van der Waals surface area contributed by atoms with Crippen molar-refractivity contribution >= 4 is 23.2 Å². The lowest BCUT2D eigenvalue weighted by Crippen LogP contribution is -2.36. The van der Waals surface area contributed by atoms with E-state index in [0.717, 1.165) is 0 Å². The number of hydrogen-bond donors (Lipinski definition) is 1. The monoisotopic (exact) mass is 338 g/mol. The number of nitrogens with one attached hydrogen (secondary N) is 1. The molecule has 1 heterocycles. The van der Waals surface area contributed by atoms with Crippen LogP contribution in [0.1, 0.15) is 11.3 Å². The van der Waals surface area contributed by atoms with Crippen LogP contribution in [0.15, 0.2) is 27.8 Å². The molecule has 0 unspecified atom stereocenters. The first-order valence-electron chi connectivity index (χ1n) is 5.51. The predicted octanol–water partition coefficient (Wildman–Crippen LogP) is 3.16. The average molecular weight is 339 g/mol. The lowest BCUT2D eigenvalue weighted by molar-refractivity contribution is -0.141. The van der Waals surface area contributed by atoms with Crippen molar-refractivity contribution in [3.63, 3.8) is 0 Å². The summed E-state index contributed by atoms with van der Waals surface area (Å²) in [5.41, 5.74) is -3.44. The molecular weight excluding hydrogens is 332 g/mol. The van der Waals surface area contributed by atoms with Crippen LogP contribution in [-0.2, 0) is 6.18 Å². The highest BCUT2D eigenvalue weighted by Gasteiger charge is 2.33. The highest BCUT2D eigenvalue weighted by molar-refractivity contribution is 6.37. The van der Waals surface area contributed by atoms with Crippen LogP contribution in [0, 0.1) is 6.92 Å². The number of alkyl halides is 3. The summed E-state index contributed by atoms with van der Waals surface area (Å²) < 4.78 is 38.1. The molecule has 0 aliphatic carbocycles. The van der Waals surface area contributed by atoms with Crippen LogP contribution in [-0.4, -0.2) is 9.55 Å². The molecule has 0 atom stereocenters. The third kappa shape index (κ3) is 2.84. The molecule has 0 bridgehead atoms. The van der Waals surface area contributed by atoms with Crippen molar-refractivity contribution in [2.24, 2.45) is 0 Å². The van der Waals surface area contributed by atoms with Crippen LogP contribution in [0.5, 0.6) is 0 Å². The fraction of sp³-hybridized carbons (Fsp3) is 0.167. The molecule has 0 aliphatic heterocycles. The van der Waals surface area contributed by atoms with E-state index >= 15 is 0 Å². The Balaban J connectivity index is 2.76. The summed E-state index contributed by atoms with van der Waals surface area (Å²) in [6.45, 7) is 1.55. The van der Waals surface area contributed by atoms with Gasteiger partial charge in [0.15, 0.2) is 0 Å². The molecule has 0 saturated heterocycles. The minimum atomic E-state index is -4.82. The van der Waals surface area contributed by atoms with Gasteiger partial charge in [-0.1, -0.05) is 23.2 Å². The fourth-order valence-corrected chi connectivity index (χ4v) is 2.15. The van der Waals surface area contributed by atoms with Crippen molar-refractivity contribution in [1.82, 2.24) is 9.55 Å². The topological polar surface area (TPSA) is 54.9 Å². The van der Waals surface area contributed by atoms with Crippen molar-refractivity contribution < 1.29 is 13.2 Å². The van der Waals surface area contributed by atoms with Crippen molar-refractivity contribution in [3.8, 4) is 5.69 Å².